The number of thioether (sulfide) groups is 1. The number of benzene rings is 1. The van der Waals surface area contributed by atoms with E-state index in [2.05, 4.69) is 11.9 Å². The van der Waals surface area contributed by atoms with E-state index in [1.807, 2.05) is 13.0 Å². The highest BCUT2D eigenvalue weighted by molar-refractivity contribution is 8.26. The summed E-state index contributed by atoms with van der Waals surface area (Å²) in [6.45, 7) is 4.54. The topological polar surface area (TPSA) is 63.9 Å². The zero-order chi connectivity index (χ0) is 25.7. The Morgan fingerprint density at radius 1 is 1.08 bits per heavy atom. The molecule has 2 aromatic heterocycles. The van der Waals surface area contributed by atoms with Gasteiger partial charge in [-0.05, 0) is 43.2 Å². The minimum absolute atomic E-state index is 0.0569. The van der Waals surface area contributed by atoms with Crippen LogP contribution in [0.1, 0.15) is 56.6 Å². The molecule has 0 atom stereocenters. The van der Waals surface area contributed by atoms with E-state index in [1.54, 1.807) is 29.3 Å². The van der Waals surface area contributed by atoms with E-state index in [1.165, 1.54) is 41.9 Å². The maximum absolute atomic E-state index is 14.4. The first-order valence-corrected chi connectivity index (χ1v) is 13.3. The highest BCUT2D eigenvalue weighted by Crippen LogP contribution is 2.34. The Hall–Kier alpha value is -3.04. The Balaban J connectivity index is 1.67. The maximum Gasteiger partial charge on any atom is 0.269 e. The van der Waals surface area contributed by atoms with Crippen LogP contribution in [0.3, 0.4) is 0 Å². The summed E-state index contributed by atoms with van der Waals surface area (Å²) in [6.07, 6.45) is 9.69. The molecule has 1 saturated heterocycles. The van der Waals surface area contributed by atoms with Crippen LogP contribution in [0.4, 0.5) is 4.39 Å². The Morgan fingerprint density at radius 3 is 2.61 bits per heavy atom. The molecule has 4 rings (SSSR count). The minimum atomic E-state index is -0.583. The van der Waals surface area contributed by atoms with Gasteiger partial charge in [0.1, 0.15) is 15.5 Å². The van der Waals surface area contributed by atoms with E-state index in [-0.39, 0.29) is 23.1 Å². The van der Waals surface area contributed by atoms with Crippen molar-refractivity contribution in [2.45, 2.75) is 52.4 Å². The molecule has 0 N–H and O–H groups in total. The Morgan fingerprint density at radius 2 is 1.83 bits per heavy atom. The van der Waals surface area contributed by atoms with Crippen molar-refractivity contribution in [3.05, 3.63) is 74.8 Å². The van der Waals surface area contributed by atoms with Gasteiger partial charge in [0, 0.05) is 12.7 Å². The molecule has 0 bridgehead atoms. The normalized spacial score (nSPS) is 14.9. The number of hydrogen-bond donors (Lipinski definition) is 0. The Kier molecular flexibility index (Phi) is 8.53. The number of ether oxygens (including phenoxy) is 1. The molecule has 0 aliphatic carbocycles. The molecule has 1 aliphatic rings. The van der Waals surface area contributed by atoms with Crippen molar-refractivity contribution >= 4 is 45.9 Å². The molecule has 3 aromatic rings. The third-order valence-corrected chi connectivity index (χ3v) is 7.35. The number of pyridine rings is 1. The minimum Gasteiger partial charge on any atom is -0.435 e. The molecule has 1 fully saturated rings. The predicted molar refractivity (Wildman–Crippen MR) is 146 cm³/mol. The van der Waals surface area contributed by atoms with Crippen LogP contribution in [0.5, 0.6) is 11.6 Å². The molecule has 36 heavy (non-hydrogen) atoms. The quantitative estimate of drug-likeness (QED) is 0.171. The molecule has 9 heteroatoms. The molecule has 0 unspecified atom stereocenters. The zero-order valence-corrected chi connectivity index (χ0v) is 22.0. The lowest BCUT2D eigenvalue weighted by Crippen LogP contribution is -2.29. The van der Waals surface area contributed by atoms with E-state index < -0.39 is 11.4 Å². The third-order valence-electron chi connectivity index (χ3n) is 5.98. The number of carbonyl (C=O) groups is 1. The second-order valence-electron chi connectivity index (χ2n) is 8.65. The van der Waals surface area contributed by atoms with Crippen LogP contribution in [0.25, 0.3) is 11.7 Å². The SMILES string of the molecule is CCCCCCCCN1C(=O)/C(=C\c2c(Oc3ccccc3F)nc3c(C)cccn3c2=O)SC1=S. The van der Waals surface area contributed by atoms with Gasteiger partial charge in [-0.2, -0.15) is 4.98 Å². The Bertz CT molecular complexity index is 1390. The number of carbonyl (C=O) groups excluding carboxylic acids is 1. The van der Waals surface area contributed by atoms with Gasteiger partial charge in [0.2, 0.25) is 5.88 Å². The number of aryl methyl sites for hydroxylation is 1. The lowest BCUT2D eigenvalue weighted by molar-refractivity contribution is -0.122. The second-order valence-corrected chi connectivity index (χ2v) is 10.3. The standard InChI is InChI=1S/C27H28FN3O3S2/c1-3-4-5-6-7-10-15-31-26(33)22(36-27(31)35)17-19-24(34-21-14-9-8-13-20(21)28)29-23-18(2)12-11-16-30(23)25(19)32/h8-9,11-14,16-17H,3-7,10,15H2,1-2H3/b22-17+. The number of halogens is 1. The second kappa shape index (κ2) is 11.8. The van der Waals surface area contributed by atoms with Gasteiger partial charge < -0.3 is 4.74 Å². The first-order valence-electron chi connectivity index (χ1n) is 12.1. The fourth-order valence-electron chi connectivity index (χ4n) is 4.00. The maximum atomic E-state index is 14.4. The van der Waals surface area contributed by atoms with Gasteiger partial charge in [0.25, 0.3) is 11.5 Å². The van der Waals surface area contributed by atoms with Crippen LogP contribution in [0.2, 0.25) is 0 Å². The highest BCUT2D eigenvalue weighted by Gasteiger charge is 2.32. The Labute approximate surface area is 219 Å². The van der Waals surface area contributed by atoms with E-state index in [9.17, 15) is 14.0 Å². The van der Waals surface area contributed by atoms with Crippen LogP contribution < -0.4 is 10.3 Å². The van der Waals surface area contributed by atoms with Crippen LogP contribution in [-0.2, 0) is 4.79 Å². The van der Waals surface area contributed by atoms with Crippen LogP contribution >= 0.6 is 24.0 Å². The van der Waals surface area contributed by atoms with Gasteiger partial charge in [-0.1, -0.05) is 81.2 Å². The van der Waals surface area contributed by atoms with Crippen LogP contribution in [0, 0.1) is 12.7 Å². The van der Waals surface area contributed by atoms with E-state index in [4.69, 9.17) is 17.0 Å². The summed E-state index contributed by atoms with van der Waals surface area (Å²) in [7, 11) is 0. The largest absolute Gasteiger partial charge is 0.435 e. The molecular formula is C27H28FN3O3S2. The van der Waals surface area contributed by atoms with Crippen molar-refractivity contribution in [2.24, 2.45) is 0 Å². The summed E-state index contributed by atoms with van der Waals surface area (Å²) in [5, 5.41) is 0. The monoisotopic (exact) mass is 525 g/mol. The molecule has 0 radical (unpaired) electrons. The molecule has 1 aromatic carbocycles. The number of rotatable bonds is 10. The van der Waals surface area contributed by atoms with Crippen molar-refractivity contribution in [3.8, 4) is 11.6 Å². The lowest BCUT2D eigenvalue weighted by Gasteiger charge is -2.14. The molecule has 6 nitrogen and oxygen atoms in total. The van der Waals surface area contributed by atoms with Crippen LogP contribution in [-0.4, -0.2) is 31.1 Å². The first kappa shape index (κ1) is 26.0. The number of unbranched alkanes of at least 4 members (excludes halogenated alkanes) is 5. The number of thiocarbonyl (C=S) groups is 1. The van der Waals surface area contributed by atoms with Crippen molar-refractivity contribution in [3.63, 3.8) is 0 Å². The molecule has 1 amide bonds. The molecule has 1 aliphatic heterocycles. The third kappa shape index (κ3) is 5.68. The predicted octanol–water partition coefficient (Wildman–Crippen LogP) is 6.50. The average Bonchev–Trinajstić information content (AvgIpc) is 3.13. The number of fused-ring (bicyclic) bond motifs is 1. The fraction of sp³-hybridized carbons (Fsp3) is 0.333. The van der Waals surface area contributed by atoms with Gasteiger partial charge in [0.15, 0.2) is 11.6 Å². The number of hydrogen-bond acceptors (Lipinski definition) is 6. The van der Waals surface area contributed by atoms with Crippen molar-refractivity contribution in [2.75, 3.05) is 6.54 Å². The zero-order valence-electron chi connectivity index (χ0n) is 20.3. The van der Waals surface area contributed by atoms with Crippen molar-refractivity contribution < 1.29 is 13.9 Å². The number of aromatic nitrogens is 2. The summed E-state index contributed by atoms with van der Waals surface area (Å²) < 4.78 is 22.0. The van der Waals surface area contributed by atoms with Gasteiger partial charge in [-0.25, -0.2) is 4.39 Å². The molecule has 3 heterocycles. The number of amides is 1. The summed E-state index contributed by atoms with van der Waals surface area (Å²) >= 11 is 6.61. The molecule has 0 saturated carbocycles. The van der Waals surface area contributed by atoms with E-state index >= 15 is 0 Å². The summed E-state index contributed by atoms with van der Waals surface area (Å²) in [4.78, 5) is 33.1. The fourth-order valence-corrected chi connectivity index (χ4v) is 5.29. The molecular weight excluding hydrogens is 497 g/mol. The van der Waals surface area contributed by atoms with Crippen LogP contribution in [0.15, 0.2) is 52.3 Å². The van der Waals surface area contributed by atoms with Gasteiger partial charge in [-0.15, -0.1) is 0 Å². The van der Waals surface area contributed by atoms with E-state index in [0.29, 0.717) is 21.4 Å². The first-order chi connectivity index (χ1) is 17.4. The molecule has 0 spiro atoms. The van der Waals surface area contributed by atoms with E-state index in [0.717, 1.165) is 36.6 Å². The summed E-state index contributed by atoms with van der Waals surface area (Å²) in [6, 6.07) is 9.46. The van der Waals surface area contributed by atoms with Gasteiger partial charge in [0.05, 0.1) is 4.91 Å². The summed E-state index contributed by atoms with van der Waals surface area (Å²) in [5.41, 5.74) is 0.782. The van der Waals surface area contributed by atoms with Crippen molar-refractivity contribution in [1.82, 2.24) is 14.3 Å². The van der Waals surface area contributed by atoms with Crippen molar-refractivity contribution in [1.29, 1.82) is 0 Å². The van der Waals surface area contributed by atoms with Gasteiger partial charge >= 0.3 is 0 Å². The van der Waals surface area contributed by atoms with Gasteiger partial charge in [-0.3, -0.25) is 18.9 Å². The average molecular weight is 526 g/mol. The smallest absolute Gasteiger partial charge is 0.269 e. The molecule has 188 valence electrons. The lowest BCUT2D eigenvalue weighted by atomic mass is 10.1. The number of nitrogens with zero attached hydrogens (tertiary/aromatic N) is 3. The number of para-hydroxylation sites is 1. The summed E-state index contributed by atoms with van der Waals surface area (Å²) in [5.74, 6) is -0.960. The highest BCUT2D eigenvalue weighted by atomic mass is 32.2.